The second-order valence-electron chi connectivity index (χ2n) is 4.99. The highest BCUT2D eigenvalue weighted by Gasteiger charge is 2.13. The first-order valence-corrected chi connectivity index (χ1v) is 7.92. The molecule has 0 aliphatic carbocycles. The van der Waals surface area contributed by atoms with Crippen LogP contribution in [0.4, 0.5) is 11.4 Å². The van der Waals surface area contributed by atoms with Crippen LogP contribution in [0.5, 0.6) is 11.5 Å². The Labute approximate surface area is 150 Å². The number of nitrogens with one attached hydrogen (secondary N) is 1. The van der Waals surface area contributed by atoms with E-state index in [1.54, 1.807) is 24.3 Å². The van der Waals surface area contributed by atoms with Crippen molar-refractivity contribution in [3.05, 3.63) is 57.1 Å². The fourth-order valence-corrected chi connectivity index (χ4v) is 2.46. The third-order valence-corrected chi connectivity index (χ3v) is 3.50. The van der Waals surface area contributed by atoms with E-state index in [0.717, 1.165) is 5.56 Å². The Bertz CT molecular complexity index is 802. The number of nitro benzene ring substituents is 1. The molecule has 0 radical (unpaired) electrons. The summed E-state index contributed by atoms with van der Waals surface area (Å²) in [6, 6.07) is 9.81. The lowest BCUT2D eigenvalue weighted by Crippen LogP contribution is -2.04. The molecule has 0 amide bonds. The standard InChI is InChI=1S/C18H17ClN2O4/c1-3-8-25-18-16(19)9-13(10-17(18)24-4-2)12-20-14-6-5-7-15(11-14)21(22)23/h1,5-7,9-11,20H,4,8,12H2,2H3. The van der Waals surface area contributed by atoms with E-state index in [2.05, 4.69) is 11.2 Å². The molecule has 0 aromatic heterocycles. The molecule has 0 bridgehead atoms. The van der Waals surface area contributed by atoms with E-state index in [0.29, 0.717) is 35.4 Å². The predicted octanol–water partition coefficient (Wildman–Crippen LogP) is 4.27. The molecule has 0 aliphatic heterocycles. The number of ether oxygens (including phenoxy) is 2. The summed E-state index contributed by atoms with van der Waals surface area (Å²) in [6.45, 7) is 2.80. The number of halogens is 1. The topological polar surface area (TPSA) is 73.6 Å². The van der Waals surface area contributed by atoms with Crippen molar-refractivity contribution < 1.29 is 14.4 Å². The predicted molar refractivity (Wildman–Crippen MR) is 97.4 cm³/mol. The van der Waals surface area contributed by atoms with Crippen molar-refractivity contribution in [1.29, 1.82) is 0 Å². The molecule has 130 valence electrons. The van der Waals surface area contributed by atoms with Crippen LogP contribution in [0.25, 0.3) is 0 Å². The lowest BCUT2D eigenvalue weighted by atomic mass is 10.2. The molecule has 2 aromatic rings. The zero-order valence-electron chi connectivity index (χ0n) is 13.6. The number of anilines is 1. The van der Waals surface area contributed by atoms with Crippen molar-refractivity contribution in [2.75, 3.05) is 18.5 Å². The van der Waals surface area contributed by atoms with E-state index in [-0.39, 0.29) is 12.3 Å². The van der Waals surface area contributed by atoms with Crippen LogP contribution in [0.15, 0.2) is 36.4 Å². The van der Waals surface area contributed by atoms with Gasteiger partial charge in [-0.15, -0.1) is 6.42 Å². The van der Waals surface area contributed by atoms with Crippen LogP contribution < -0.4 is 14.8 Å². The molecule has 0 fully saturated rings. The Kier molecular flexibility index (Phi) is 6.49. The minimum Gasteiger partial charge on any atom is -0.490 e. The summed E-state index contributed by atoms with van der Waals surface area (Å²) < 4.78 is 11.0. The fourth-order valence-electron chi connectivity index (χ4n) is 2.17. The molecule has 7 heteroatoms. The highest BCUT2D eigenvalue weighted by atomic mass is 35.5. The molecule has 0 spiro atoms. The molecule has 0 unspecified atom stereocenters. The van der Waals surface area contributed by atoms with Gasteiger partial charge in [0.05, 0.1) is 16.6 Å². The van der Waals surface area contributed by atoms with E-state index < -0.39 is 4.92 Å². The summed E-state index contributed by atoms with van der Waals surface area (Å²) in [5.74, 6) is 3.29. The number of nitro groups is 1. The Morgan fingerprint density at radius 3 is 2.80 bits per heavy atom. The van der Waals surface area contributed by atoms with Crippen LogP contribution in [-0.4, -0.2) is 18.1 Å². The van der Waals surface area contributed by atoms with E-state index in [1.165, 1.54) is 12.1 Å². The highest BCUT2D eigenvalue weighted by Crippen LogP contribution is 2.37. The quantitative estimate of drug-likeness (QED) is 0.432. The number of rotatable bonds is 8. The van der Waals surface area contributed by atoms with Crippen LogP contribution in [-0.2, 0) is 6.54 Å². The van der Waals surface area contributed by atoms with Gasteiger partial charge >= 0.3 is 0 Å². The lowest BCUT2D eigenvalue weighted by Gasteiger charge is -2.14. The number of terminal acetylenes is 1. The lowest BCUT2D eigenvalue weighted by molar-refractivity contribution is -0.384. The molecule has 0 aliphatic rings. The molecule has 1 N–H and O–H groups in total. The molecular weight excluding hydrogens is 344 g/mol. The summed E-state index contributed by atoms with van der Waals surface area (Å²) in [6.07, 6.45) is 5.21. The minimum atomic E-state index is -0.438. The molecule has 0 saturated carbocycles. The van der Waals surface area contributed by atoms with Gasteiger partial charge in [-0.3, -0.25) is 10.1 Å². The third-order valence-electron chi connectivity index (χ3n) is 3.22. The van der Waals surface area contributed by atoms with Gasteiger partial charge in [0, 0.05) is 24.4 Å². The Morgan fingerprint density at radius 1 is 1.32 bits per heavy atom. The smallest absolute Gasteiger partial charge is 0.271 e. The normalized spacial score (nSPS) is 9.96. The summed E-state index contributed by atoms with van der Waals surface area (Å²) in [7, 11) is 0. The van der Waals surface area contributed by atoms with Crippen LogP contribution in [0.1, 0.15) is 12.5 Å². The molecule has 2 rings (SSSR count). The average Bonchev–Trinajstić information content (AvgIpc) is 2.60. The maximum absolute atomic E-state index is 10.8. The van der Waals surface area contributed by atoms with Gasteiger partial charge in [-0.2, -0.15) is 0 Å². The Morgan fingerprint density at radius 2 is 2.12 bits per heavy atom. The number of nitrogens with zero attached hydrogens (tertiary/aromatic N) is 1. The van der Waals surface area contributed by atoms with Crippen molar-refractivity contribution in [3.8, 4) is 23.8 Å². The van der Waals surface area contributed by atoms with Gasteiger partial charge in [0.25, 0.3) is 5.69 Å². The van der Waals surface area contributed by atoms with Gasteiger partial charge in [0.2, 0.25) is 0 Å². The van der Waals surface area contributed by atoms with E-state index in [1.807, 2.05) is 6.92 Å². The van der Waals surface area contributed by atoms with Crippen molar-refractivity contribution in [3.63, 3.8) is 0 Å². The number of benzene rings is 2. The minimum absolute atomic E-state index is 0.0241. The SMILES string of the molecule is C#CCOc1c(Cl)cc(CNc2cccc([N+](=O)[O-])c2)cc1OCC. The second-order valence-corrected chi connectivity index (χ2v) is 5.40. The van der Waals surface area contributed by atoms with Gasteiger partial charge in [-0.05, 0) is 30.7 Å². The number of hydrogen-bond acceptors (Lipinski definition) is 5. The molecule has 2 aromatic carbocycles. The third kappa shape index (κ3) is 5.03. The Balaban J connectivity index is 2.18. The molecule has 0 saturated heterocycles. The zero-order chi connectivity index (χ0) is 18.2. The van der Waals surface area contributed by atoms with Gasteiger partial charge in [-0.25, -0.2) is 0 Å². The molecule has 25 heavy (non-hydrogen) atoms. The maximum Gasteiger partial charge on any atom is 0.271 e. The van der Waals surface area contributed by atoms with Crippen LogP contribution in [0.3, 0.4) is 0 Å². The van der Waals surface area contributed by atoms with Crippen molar-refractivity contribution in [2.45, 2.75) is 13.5 Å². The summed E-state index contributed by atoms with van der Waals surface area (Å²) in [5.41, 5.74) is 1.50. The van der Waals surface area contributed by atoms with E-state index in [4.69, 9.17) is 27.5 Å². The number of non-ortho nitro benzene ring substituents is 1. The van der Waals surface area contributed by atoms with Crippen LogP contribution >= 0.6 is 11.6 Å². The largest absolute Gasteiger partial charge is 0.490 e. The van der Waals surface area contributed by atoms with Gasteiger partial charge in [-0.1, -0.05) is 23.6 Å². The fraction of sp³-hybridized carbons (Fsp3) is 0.222. The monoisotopic (exact) mass is 360 g/mol. The maximum atomic E-state index is 10.8. The first kappa shape index (κ1) is 18.4. The summed E-state index contributed by atoms with van der Waals surface area (Å²) in [5, 5.41) is 14.3. The van der Waals surface area contributed by atoms with Gasteiger partial charge in [0.1, 0.15) is 6.61 Å². The van der Waals surface area contributed by atoms with Crippen LogP contribution in [0.2, 0.25) is 5.02 Å². The Hall–Kier alpha value is -2.91. The zero-order valence-corrected chi connectivity index (χ0v) is 14.4. The van der Waals surface area contributed by atoms with Gasteiger partial charge in [0.15, 0.2) is 11.5 Å². The highest BCUT2D eigenvalue weighted by molar-refractivity contribution is 6.32. The van der Waals surface area contributed by atoms with Crippen LogP contribution in [0, 0.1) is 22.5 Å². The second kappa shape index (κ2) is 8.81. The first-order chi connectivity index (χ1) is 12.0. The van der Waals surface area contributed by atoms with Crippen molar-refractivity contribution >= 4 is 23.0 Å². The van der Waals surface area contributed by atoms with E-state index in [9.17, 15) is 10.1 Å². The van der Waals surface area contributed by atoms with Crippen molar-refractivity contribution in [2.24, 2.45) is 0 Å². The van der Waals surface area contributed by atoms with Gasteiger partial charge < -0.3 is 14.8 Å². The molecule has 0 heterocycles. The summed E-state index contributed by atoms with van der Waals surface area (Å²) in [4.78, 5) is 10.4. The molecule has 0 atom stereocenters. The molecule has 6 nitrogen and oxygen atoms in total. The van der Waals surface area contributed by atoms with E-state index >= 15 is 0 Å². The summed E-state index contributed by atoms with van der Waals surface area (Å²) >= 11 is 6.26. The number of hydrogen-bond donors (Lipinski definition) is 1. The van der Waals surface area contributed by atoms with Crippen molar-refractivity contribution in [1.82, 2.24) is 0 Å². The molecular formula is C18H17ClN2O4. The average molecular weight is 361 g/mol. The first-order valence-electron chi connectivity index (χ1n) is 7.55.